The molecule has 6 rings (SSSR count). The summed E-state index contributed by atoms with van der Waals surface area (Å²) in [5, 5.41) is 0. The first-order valence-electron chi connectivity index (χ1n) is 15.3. The zero-order valence-electron chi connectivity index (χ0n) is 25.7. The Hall–Kier alpha value is -4.91. The van der Waals surface area contributed by atoms with Gasteiger partial charge in [-0.2, -0.15) is 0 Å². The van der Waals surface area contributed by atoms with Crippen LogP contribution in [0.25, 0.3) is 0 Å². The Morgan fingerprint density at radius 3 is 1.80 bits per heavy atom. The van der Waals surface area contributed by atoms with E-state index in [2.05, 4.69) is 112 Å². The Morgan fingerprint density at radius 1 is 0.800 bits per heavy atom. The fourth-order valence-corrected chi connectivity index (χ4v) is 7.02. The van der Waals surface area contributed by atoms with Gasteiger partial charge in [0.15, 0.2) is 6.29 Å². The first-order chi connectivity index (χ1) is 21.9. The molecule has 5 aromatic rings. The number of nitrogens with two attached hydrogens (primary N) is 1. The first-order valence-corrected chi connectivity index (χ1v) is 15.3. The van der Waals surface area contributed by atoms with Gasteiger partial charge in [0.05, 0.1) is 12.1 Å². The van der Waals surface area contributed by atoms with Crippen molar-refractivity contribution in [1.29, 1.82) is 0 Å². The van der Waals surface area contributed by atoms with Crippen LogP contribution in [0.3, 0.4) is 0 Å². The number of hydrogen-bond donors (Lipinski definition) is 1. The second-order valence-electron chi connectivity index (χ2n) is 12.1. The van der Waals surface area contributed by atoms with Crippen molar-refractivity contribution < 1.29 is 9.59 Å². The van der Waals surface area contributed by atoms with Crippen molar-refractivity contribution in [2.24, 2.45) is 5.73 Å². The molecule has 0 radical (unpaired) electrons. The molecule has 4 aromatic carbocycles. The Bertz CT molecular complexity index is 1660. The fraction of sp³-hybridized carbons (Fsp3) is 0.205. The number of pyridine rings is 1. The summed E-state index contributed by atoms with van der Waals surface area (Å²) in [7, 11) is 0. The second kappa shape index (κ2) is 12.6. The van der Waals surface area contributed by atoms with Gasteiger partial charge >= 0.3 is 0 Å². The summed E-state index contributed by atoms with van der Waals surface area (Å²) >= 11 is 0. The second-order valence-corrected chi connectivity index (χ2v) is 12.1. The van der Waals surface area contributed by atoms with Crippen LogP contribution < -0.4 is 10.6 Å². The third-order valence-electron chi connectivity index (χ3n) is 9.34. The number of rotatable bonds is 10. The van der Waals surface area contributed by atoms with E-state index in [0.29, 0.717) is 26.0 Å². The molecule has 0 spiro atoms. The quantitative estimate of drug-likeness (QED) is 0.119. The molecule has 0 amide bonds. The Balaban J connectivity index is 1.45. The van der Waals surface area contributed by atoms with E-state index in [1.165, 1.54) is 0 Å². The molecule has 1 fully saturated rings. The number of carbonyl (C=O) groups is 2. The number of aromatic nitrogens is 1. The van der Waals surface area contributed by atoms with Crippen molar-refractivity contribution in [3.8, 4) is 0 Å². The van der Waals surface area contributed by atoms with Gasteiger partial charge in [-0.15, -0.1) is 0 Å². The lowest BCUT2D eigenvalue weighted by Gasteiger charge is -2.37. The van der Waals surface area contributed by atoms with Crippen LogP contribution in [0.4, 0.5) is 5.69 Å². The highest BCUT2D eigenvalue weighted by Gasteiger charge is 2.50. The minimum Gasteiger partial charge on any atom is -0.346 e. The molecule has 6 heteroatoms. The van der Waals surface area contributed by atoms with E-state index in [-0.39, 0.29) is 0 Å². The highest BCUT2D eigenvalue weighted by atomic mass is 16.2. The smallest absolute Gasteiger partial charge is 0.219 e. The molecule has 6 nitrogen and oxygen atoms in total. The third kappa shape index (κ3) is 5.37. The zero-order chi connectivity index (χ0) is 31.4. The number of Topliss-reactive ketones (excluding diaryl/α,β-unsaturated/α-hetero) is 1. The van der Waals surface area contributed by atoms with Crippen molar-refractivity contribution >= 4 is 17.8 Å². The fourth-order valence-electron chi connectivity index (χ4n) is 7.02. The van der Waals surface area contributed by atoms with E-state index in [0.717, 1.165) is 39.1 Å². The molecule has 226 valence electrons. The van der Waals surface area contributed by atoms with Gasteiger partial charge in [-0.25, -0.2) is 0 Å². The number of benzene rings is 4. The van der Waals surface area contributed by atoms with E-state index >= 15 is 0 Å². The van der Waals surface area contributed by atoms with Crippen LogP contribution in [0.2, 0.25) is 0 Å². The number of carbonyl (C=O) groups excluding carboxylic acids is 2. The molecule has 1 aliphatic rings. The van der Waals surface area contributed by atoms with Gasteiger partial charge in [-0.05, 0) is 65.4 Å². The predicted octanol–water partition coefficient (Wildman–Crippen LogP) is 6.12. The normalized spacial score (nSPS) is 16.4. The minimum absolute atomic E-state index is 0.380. The zero-order valence-corrected chi connectivity index (χ0v) is 25.7. The molecule has 1 aromatic heterocycles. The van der Waals surface area contributed by atoms with Crippen molar-refractivity contribution in [1.82, 2.24) is 9.88 Å². The lowest BCUT2D eigenvalue weighted by molar-refractivity contribution is -0.131. The number of ketones is 1. The standard InChI is InChI=1S/C39H38N4O2/c1-38(2)37(36(45)27-44)43(28-42(38)26-29-22-23-41-25-30(29)24-40)35-20-18-34(19-21-35)39(31-12-6-3-7-13-31,32-14-8-4-9-15-32)33-16-10-5-11-17-33/h3-23,25,27,37H,24,26,28,40H2,1-2H3. The lowest BCUT2D eigenvalue weighted by Crippen LogP contribution is -2.51. The van der Waals surface area contributed by atoms with Crippen LogP contribution in [0.1, 0.15) is 47.2 Å². The van der Waals surface area contributed by atoms with E-state index in [9.17, 15) is 9.59 Å². The van der Waals surface area contributed by atoms with Crippen molar-refractivity contribution in [2.75, 3.05) is 11.6 Å². The van der Waals surface area contributed by atoms with Crippen molar-refractivity contribution in [2.45, 2.75) is 43.9 Å². The highest BCUT2D eigenvalue weighted by Crippen LogP contribution is 2.46. The summed E-state index contributed by atoms with van der Waals surface area (Å²) in [5.41, 5.74) is 12.3. The molecule has 1 aliphatic heterocycles. The van der Waals surface area contributed by atoms with E-state index in [1.54, 1.807) is 12.4 Å². The molecular formula is C39H38N4O2. The SMILES string of the molecule is CC1(C)C(C(=O)C=O)N(c2ccc(C(c3ccccc3)(c3ccccc3)c3ccccc3)cc2)CN1Cc1ccncc1CN. The summed E-state index contributed by atoms with van der Waals surface area (Å²) < 4.78 is 0. The summed E-state index contributed by atoms with van der Waals surface area (Å²) in [5.74, 6) is -0.437. The van der Waals surface area contributed by atoms with Crippen molar-refractivity contribution in [3.05, 3.63) is 167 Å². The summed E-state index contributed by atoms with van der Waals surface area (Å²) in [6.45, 7) is 5.50. The Morgan fingerprint density at radius 2 is 1.31 bits per heavy atom. The number of anilines is 1. The molecule has 0 bridgehead atoms. The van der Waals surface area contributed by atoms with E-state index in [1.807, 2.05) is 38.1 Å². The molecular weight excluding hydrogens is 556 g/mol. The largest absolute Gasteiger partial charge is 0.346 e. The van der Waals surface area contributed by atoms with E-state index < -0.39 is 22.8 Å². The van der Waals surface area contributed by atoms with Gasteiger partial charge in [-0.3, -0.25) is 19.5 Å². The summed E-state index contributed by atoms with van der Waals surface area (Å²) in [6, 6.07) is 41.5. The van der Waals surface area contributed by atoms with Gasteiger partial charge in [0, 0.05) is 36.7 Å². The van der Waals surface area contributed by atoms with Crippen molar-refractivity contribution in [3.63, 3.8) is 0 Å². The maximum Gasteiger partial charge on any atom is 0.219 e. The highest BCUT2D eigenvalue weighted by molar-refractivity contribution is 6.28. The summed E-state index contributed by atoms with van der Waals surface area (Å²) in [4.78, 5) is 33.7. The molecule has 1 saturated heterocycles. The topological polar surface area (TPSA) is 79.5 Å². The molecule has 1 atom stereocenters. The third-order valence-corrected chi connectivity index (χ3v) is 9.34. The van der Waals surface area contributed by atoms with Crippen LogP contribution in [-0.4, -0.2) is 40.2 Å². The molecule has 2 N–H and O–H groups in total. The van der Waals surface area contributed by atoms with Crippen LogP contribution in [0, 0.1) is 0 Å². The van der Waals surface area contributed by atoms with E-state index in [4.69, 9.17) is 5.73 Å². The Kier molecular flexibility index (Phi) is 8.44. The molecule has 0 aliphatic carbocycles. The lowest BCUT2D eigenvalue weighted by atomic mass is 9.65. The van der Waals surface area contributed by atoms with Gasteiger partial charge in [-0.1, -0.05) is 103 Å². The Labute approximate surface area is 265 Å². The summed E-state index contributed by atoms with van der Waals surface area (Å²) in [6.07, 6.45) is 4.02. The van der Waals surface area contributed by atoms with Gasteiger partial charge < -0.3 is 10.6 Å². The molecule has 2 heterocycles. The average Bonchev–Trinajstić information content (AvgIpc) is 3.36. The van der Waals surface area contributed by atoms with Crippen LogP contribution in [0.15, 0.2) is 134 Å². The molecule has 1 unspecified atom stereocenters. The molecule has 45 heavy (non-hydrogen) atoms. The van der Waals surface area contributed by atoms with Crippen LogP contribution in [-0.2, 0) is 28.1 Å². The minimum atomic E-state index is -0.647. The monoisotopic (exact) mass is 594 g/mol. The van der Waals surface area contributed by atoms with Gasteiger partial charge in [0.1, 0.15) is 6.04 Å². The van der Waals surface area contributed by atoms with Gasteiger partial charge in [0.25, 0.3) is 0 Å². The average molecular weight is 595 g/mol. The first kappa shape index (κ1) is 30.1. The van der Waals surface area contributed by atoms with Gasteiger partial charge in [0.2, 0.25) is 5.78 Å². The number of nitrogens with zero attached hydrogens (tertiary/aromatic N) is 3. The maximum absolute atomic E-state index is 13.2. The maximum atomic E-state index is 13.2. The number of hydrogen-bond acceptors (Lipinski definition) is 6. The van der Waals surface area contributed by atoms with Crippen LogP contribution >= 0.6 is 0 Å². The number of aldehydes is 1. The molecule has 0 saturated carbocycles. The predicted molar refractivity (Wildman–Crippen MR) is 179 cm³/mol. The van der Waals surface area contributed by atoms with Crippen LogP contribution in [0.5, 0.6) is 0 Å².